The molecule has 0 saturated carbocycles. The van der Waals surface area contributed by atoms with Gasteiger partial charge in [-0.05, 0) is 38.1 Å². The van der Waals surface area contributed by atoms with Crippen LogP contribution in [0.1, 0.15) is 33.1 Å². The Balaban J connectivity index is 1.81. The molecule has 24 heavy (non-hydrogen) atoms. The number of thioether (sulfide) groups is 1. The molecule has 0 aromatic heterocycles. The smallest absolute Gasteiger partial charge is 0.317 e. The molecule has 4 nitrogen and oxygen atoms in total. The fourth-order valence-corrected chi connectivity index (χ4v) is 4.29. The summed E-state index contributed by atoms with van der Waals surface area (Å²) in [6, 6.07) is 10.6. The standard InChI is InChI=1S/C19H31N3OS/c1-3-21(4-2)15-13-20-19(23)22-14-9-8-12-18(16-22)24-17-10-6-5-7-11-17/h5-7,10-11,18H,3-4,8-9,12-16H2,1-2H3,(H,20,23). The molecule has 1 unspecified atom stereocenters. The van der Waals surface area contributed by atoms with E-state index in [4.69, 9.17) is 0 Å². The fraction of sp³-hybridized carbons (Fsp3) is 0.632. The number of nitrogens with one attached hydrogen (secondary N) is 1. The number of likely N-dealkylation sites (N-methyl/N-ethyl adjacent to an activating group) is 1. The van der Waals surface area contributed by atoms with E-state index in [0.717, 1.165) is 45.7 Å². The van der Waals surface area contributed by atoms with Gasteiger partial charge in [0.1, 0.15) is 0 Å². The van der Waals surface area contributed by atoms with Crippen molar-refractivity contribution < 1.29 is 4.79 Å². The first-order valence-electron chi connectivity index (χ1n) is 9.19. The Morgan fingerprint density at radius 2 is 2.00 bits per heavy atom. The molecule has 2 amide bonds. The number of hydrogen-bond donors (Lipinski definition) is 1. The van der Waals surface area contributed by atoms with E-state index in [-0.39, 0.29) is 6.03 Å². The first-order chi connectivity index (χ1) is 11.7. The Kier molecular flexibility index (Phi) is 8.47. The molecule has 1 atom stereocenters. The van der Waals surface area contributed by atoms with Crippen molar-refractivity contribution in [1.29, 1.82) is 0 Å². The Labute approximate surface area is 151 Å². The summed E-state index contributed by atoms with van der Waals surface area (Å²) in [4.78, 5) is 18.1. The molecule has 1 N–H and O–H groups in total. The number of nitrogens with zero attached hydrogens (tertiary/aromatic N) is 2. The highest BCUT2D eigenvalue weighted by Gasteiger charge is 2.22. The van der Waals surface area contributed by atoms with Gasteiger partial charge in [0.25, 0.3) is 0 Å². The maximum atomic E-state index is 12.5. The van der Waals surface area contributed by atoms with E-state index in [9.17, 15) is 4.79 Å². The molecular weight excluding hydrogens is 318 g/mol. The molecule has 2 rings (SSSR count). The van der Waals surface area contributed by atoms with E-state index in [1.807, 2.05) is 22.7 Å². The molecule has 1 fully saturated rings. The van der Waals surface area contributed by atoms with Gasteiger partial charge < -0.3 is 15.1 Å². The van der Waals surface area contributed by atoms with Crippen LogP contribution in [-0.2, 0) is 0 Å². The number of likely N-dealkylation sites (tertiary alicyclic amines) is 1. The maximum Gasteiger partial charge on any atom is 0.317 e. The van der Waals surface area contributed by atoms with Crippen LogP contribution < -0.4 is 5.32 Å². The molecule has 0 bridgehead atoms. The van der Waals surface area contributed by atoms with Gasteiger partial charge in [0, 0.05) is 36.3 Å². The monoisotopic (exact) mass is 349 g/mol. The van der Waals surface area contributed by atoms with Crippen molar-refractivity contribution in [3.8, 4) is 0 Å². The second-order valence-corrected chi connectivity index (χ2v) is 7.63. The first kappa shape index (κ1) is 19.1. The third-order valence-corrected chi connectivity index (χ3v) is 5.82. The summed E-state index contributed by atoms with van der Waals surface area (Å²) in [5.41, 5.74) is 0. The summed E-state index contributed by atoms with van der Waals surface area (Å²) in [7, 11) is 0. The Hall–Kier alpha value is -1.20. The minimum Gasteiger partial charge on any atom is -0.337 e. The van der Waals surface area contributed by atoms with Gasteiger partial charge in [-0.25, -0.2) is 4.79 Å². The molecule has 5 heteroatoms. The van der Waals surface area contributed by atoms with Gasteiger partial charge >= 0.3 is 6.03 Å². The lowest BCUT2D eigenvalue weighted by molar-refractivity contribution is 0.197. The van der Waals surface area contributed by atoms with E-state index in [1.54, 1.807) is 0 Å². The molecule has 1 saturated heterocycles. The van der Waals surface area contributed by atoms with E-state index in [0.29, 0.717) is 5.25 Å². The SMILES string of the molecule is CCN(CC)CCNC(=O)N1CCCCC(Sc2ccccc2)C1. The summed E-state index contributed by atoms with van der Waals surface area (Å²) in [6.07, 6.45) is 3.49. The number of amides is 2. The lowest BCUT2D eigenvalue weighted by Gasteiger charge is -2.25. The fourth-order valence-electron chi connectivity index (χ4n) is 3.05. The molecular formula is C19H31N3OS. The third kappa shape index (κ3) is 6.36. The number of carbonyl (C=O) groups is 1. The molecule has 0 radical (unpaired) electrons. The second kappa shape index (κ2) is 10.6. The third-order valence-electron chi connectivity index (χ3n) is 4.56. The van der Waals surface area contributed by atoms with Crippen molar-refractivity contribution in [2.75, 3.05) is 39.3 Å². The average Bonchev–Trinajstić information content (AvgIpc) is 2.85. The molecule has 0 aliphatic carbocycles. The van der Waals surface area contributed by atoms with Gasteiger partial charge in [-0.1, -0.05) is 38.5 Å². The van der Waals surface area contributed by atoms with Gasteiger partial charge in [-0.2, -0.15) is 0 Å². The van der Waals surface area contributed by atoms with Crippen LogP contribution in [0, 0.1) is 0 Å². The Bertz CT molecular complexity index is 479. The highest BCUT2D eigenvalue weighted by Crippen LogP contribution is 2.29. The van der Waals surface area contributed by atoms with Crippen LogP contribution in [0.4, 0.5) is 4.79 Å². The largest absolute Gasteiger partial charge is 0.337 e. The molecule has 1 aliphatic rings. The maximum absolute atomic E-state index is 12.5. The summed E-state index contributed by atoms with van der Waals surface area (Å²) in [5, 5.41) is 3.59. The number of benzene rings is 1. The number of rotatable bonds is 7. The summed E-state index contributed by atoms with van der Waals surface area (Å²) < 4.78 is 0. The Morgan fingerprint density at radius 3 is 2.71 bits per heavy atom. The molecule has 134 valence electrons. The van der Waals surface area contributed by atoms with Gasteiger partial charge in [-0.15, -0.1) is 11.8 Å². The van der Waals surface area contributed by atoms with Crippen LogP contribution in [0.3, 0.4) is 0 Å². The van der Waals surface area contributed by atoms with Crippen molar-refractivity contribution >= 4 is 17.8 Å². The van der Waals surface area contributed by atoms with Gasteiger partial charge in [0.05, 0.1) is 0 Å². The predicted molar refractivity (Wildman–Crippen MR) is 103 cm³/mol. The normalized spacial score (nSPS) is 18.5. The quantitative estimate of drug-likeness (QED) is 0.815. The van der Waals surface area contributed by atoms with Crippen molar-refractivity contribution in [2.45, 2.75) is 43.3 Å². The minimum atomic E-state index is 0.0997. The predicted octanol–water partition coefficient (Wildman–Crippen LogP) is 3.68. The van der Waals surface area contributed by atoms with Gasteiger partial charge in [0.15, 0.2) is 0 Å². The number of carbonyl (C=O) groups excluding carboxylic acids is 1. The van der Waals surface area contributed by atoms with Crippen LogP contribution in [0.2, 0.25) is 0 Å². The zero-order valence-corrected chi connectivity index (χ0v) is 15.9. The van der Waals surface area contributed by atoms with Crippen molar-refractivity contribution in [2.24, 2.45) is 0 Å². The van der Waals surface area contributed by atoms with Crippen LogP contribution in [0.15, 0.2) is 35.2 Å². The summed E-state index contributed by atoms with van der Waals surface area (Å²) in [6.45, 7) is 9.76. The first-order valence-corrected chi connectivity index (χ1v) is 10.1. The van der Waals surface area contributed by atoms with Crippen molar-refractivity contribution in [3.05, 3.63) is 30.3 Å². The van der Waals surface area contributed by atoms with Gasteiger partial charge in [0.2, 0.25) is 0 Å². The molecule has 1 aliphatic heterocycles. The van der Waals surface area contributed by atoms with E-state index in [2.05, 4.69) is 48.3 Å². The minimum absolute atomic E-state index is 0.0997. The topological polar surface area (TPSA) is 35.6 Å². The molecule has 0 spiro atoms. The van der Waals surface area contributed by atoms with E-state index >= 15 is 0 Å². The van der Waals surface area contributed by atoms with E-state index in [1.165, 1.54) is 17.7 Å². The van der Waals surface area contributed by atoms with E-state index < -0.39 is 0 Å². The number of hydrogen-bond acceptors (Lipinski definition) is 3. The highest BCUT2D eigenvalue weighted by molar-refractivity contribution is 8.00. The number of urea groups is 1. The Morgan fingerprint density at radius 1 is 1.25 bits per heavy atom. The van der Waals surface area contributed by atoms with Gasteiger partial charge in [-0.3, -0.25) is 0 Å². The molecule has 1 aromatic carbocycles. The van der Waals surface area contributed by atoms with Crippen molar-refractivity contribution in [1.82, 2.24) is 15.1 Å². The average molecular weight is 350 g/mol. The second-order valence-electron chi connectivity index (χ2n) is 6.25. The molecule has 1 heterocycles. The lowest BCUT2D eigenvalue weighted by Crippen LogP contribution is -2.45. The summed E-state index contributed by atoms with van der Waals surface area (Å²) in [5.74, 6) is 0. The zero-order valence-electron chi connectivity index (χ0n) is 15.0. The van der Waals surface area contributed by atoms with Crippen LogP contribution >= 0.6 is 11.8 Å². The zero-order chi connectivity index (χ0) is 17.2. The summed E-state index contributed by atoms with van der Waals surface area (Å²) >= 11 is 1.91. The van der Waals surface area contributed by atoms with Crippen LogP contribution in [0.25, 0.3) is 0 Å². The molecule has 1 aromatic rings. The van der Waals surface area contributed by atoms with Crippen LogP contribution in [-0.4, -0.2) is 60.3 Å². The van der Waals surface area contributed by atoms with Crippen LogP contribution in [0.5, 0.6) is 0 Å². The lowest BCUT2D eigenvalue weighted by atomic mass is 10.2. The van der Waals surface area contributed by atoms with Crippen molar-refractivity contribution in [3.63, 3.8) is 0 Å². The highest BCUT2D eigenvalue weighted by atomic mass is 32.2.